The number of amides is 1. The third kappa shape index (κ3) is 6.31. The SMILES string of the molecule is CC(=O)Oc1ccccc1C(=O)NC1=NC=C(c2ccc(N)cc2)C1.COC=O. The van der Waals surface area contributed by atoms with Gasteiger partial charge in [-0.05, 0) is 35.4 Å². The number of nitrogen functional groups attached to an aromatic ring is 1. The van der Waals surface area contributed by atoms with Gasteiger partial charge in [0.2, 0.25) is 0 Å². The van der Waals surface area contributed by atoms with Gasteiger partial charge >= 0.3 is 5.97 Å². The first-order chi connectivity index (χ1) is 13.9. The molecule has 1 heterocycles. The van der Waals surface area contributed by atoms with E-state index >= 15 is 0 Å². The molecule has 0 saturated heterocycles. The minimum absolute atomic E-state index is 0.220. The fourth-order valence-corrected chi connectivity index (χ4v) is 2.47. The predicted molar refractivity (Wildman–Crippen MR) is 109 cm³/mol. The maximum atomic E-state index is 12.5. The summed E-state index contributed by atoms with van der Waals surface area (Å²) in [7, 11) is 1.31. The summed E-state index contributed by atoms with van der Waals surface area (Å²) in [4.78, 5) is 36.8. The molecule has 0 aromatic heterocycles. The van der Waals surface area contributed by atoms with Gasteiger partial charge in [0.25, 0.3) is 12.4 Å². The highest BCUT2D eigenvalue weighted by Gasteiger charge is 2.18. The van der Waals surface area contributed by atoms with E-state index in [4.69, 9.17) is 15.3 Å². The zero-order valence-corrected chi connectivity index (χ0v) is 16.0. The Balaban J connectivity index is 0.000000687. The van der Waals surface area contributed by atoms with Gasteiger partial charge in [0.1, 0.15) is 11.6 Å². The van der Waals surface area contributed by atoms with Gasteiger partial charge in [0.05, 0.1) is 12.7 Å². The lowest BCUT2D eigenvalue weighted by molar-refractivity contribution is -0.132. The van der Waals surface area contributed by atoms with Crippen molar-refractivity contribution in [1.29, 1.82) is 0 Å². The van der Waals surface area contributed by atoms with Crippen LogP contribution in [-0.4, -0.2) is 31.3 Å². The van der Waals surface area contributed by atoms with Crippen molar-refractivity contribution in [3.63, 3.8) is 0 Å². The Morgan fingerprint density at radius 1 is 1.14 bits per heavy atom. The number of hydrogen-bond donors (Lipinski definition) is 2. The maximum absolute atomic E-state index is 12.5. The smallest absolute Gasteiger partial charge is 0.308 e. The van der Waals surface area contributed by atoms with E-state index in [1.807, 2.05) is 24.3 Å². The van der Waals surface area contributed by atoms with Crippen molar-refractivity contribution in [3.05, 3.63) is 65.9 Å². The topological polar surface area (TPSA) is 120 Å². The van der Waals surface area contributed by atoms with Gasteiger partial charge < -0.3 is 20.5 Å². The summed E-state index contributed by atoms with van der Waals surface area (Å²) in [5, 5.41) is 2.76. The lowest BCUT2D eigenvalue weighted by Crippen LogP contribution is -2.30. The molecular weight excluding hydrogens is 374 g/mol. The standard InChI is InChI=1S/C19H17N3O3.C2H4O2/c1-12(23)25-17-5-3-2-4-16(17)19(24)22-18-10-14(11-21-18)13-6-8-15(20)9-7-13;1-4-2-3/h2-9,11H,10,20H2,1H3,(H,21,22,24);2H,1H3. The third-order valence-corrected chi connectivity index (χ3v) is 3.76. The number of aliphatic imine (C=N–C) groups is 1. The Morgan fingerprint density at radius 3 is 2.41 bits per heavy atom. The van der Waals surface area contributed by atoms with Gasteiger partial charge in [-0.2, -0.15) is 0 Å². The summed E-state index contributed by atoms with van der Waals surface area (Å²) in [5.74, 6) is -0.0967. The van der Waals surface area contributed by atoms with Crippen molar-refractivity contribution in [2.24, 2.45) is 4.99 Å². The molecule has 1 amide bonds. The van der Waals surface area contributed by atoms with Crippen LogP contribution >= 0.6 is 0 Å². The van der Waals surface area contributed by atoms with Gasteiger partial charge in [0.15, 0.2) is 0 Å². The van der Waals surface area contributed by atoms with Crippen LogP contribution in [0.5, 0.6) is 5.75 Å². The van der Waals surface area contributed by atoms with Gasteiger partial charge in [-0.15, -0.1) is 0 Å². The van der Waals surface area contributed by atoms with Crippen LogP contribution in [0.15, 0.2) is 59.7 Å². The summed E-state index contributed by atoms with van der Waals surface area (Å²) in [6.45, 7) is 1.67. The molecule has 2 aromatic carbocycles. The number of esters is 1. The van der Waals surface area contributed by atoms with E-state index in [9.17, 15) is 9.59 Å². The molecule has 0 saturated carbocycles. The van der Waals surface area contributed by atoms with Crippen LogP contribution in [0.25, 0.3) is 5.57 Å². The first-order valence-electron chi connectivity index (χ1n) is 8.61. The van der Waals surface area contributed by atoms with Crippen LogP contribution in [0.4, 0.5) is 5.69 Å². The van der Waals surface area contributed by atoms with Crippen molar-refractivity contribution in [2.45, 2.75) is 13.3 Å². The molecule has 0 atom stereocenters. The number of ether oxygens (including phenoxy) is 2. The van der Waals surface area contributed by atoms with E-state index in [-0.39, 0.29) is 17.2 Å². The average Bonchev–Trinajstić information content (AvgIpc) is 3.17. The summed E-state index contributed by atoms with van der Waals surface area (Å²) >= 11 is 0. The lowest BCUT2D eigenvalue weighted by Gasteiger charge is -2.10. The van der Waals surface area contributed by atoms with Crippen molar-refractivity contribution in [3.8, 4) is 5.75 Å². The van der Waals surface area contributed by atoms with Crippen LogP contribution < -0.4 is 15.8 Å². The summed E-state index contributed by atoms with van der Waals surface area (Å²) < 4.78 is 8.93. The van der Waals surface area contributed by atoms with Crippen LogP contribution in [-0.2, 0) is 14.3 Å². The van der Waals surface area contributed by atoms with Crippen LogP contribution in [0, 0.1) is 0 Å². The zero-order chi connectivity index (χ0) is 21.2. The second-order valence-electron chi connectivity index (χ2n) is 5.90. The molecule has 0 spiro atoms. The number of para-hydroxylation sites is 1. The minimum atomic E-state index is -0.481. The molecule has 0 aliphatic carbocycles. The molecule has 0 unspecified atom stereocenters. The van der Waals surface area contributed by atoms with E-state index < -0.39 is 5.97 Å². The van der Waals surface area contributed by atoms with Crippen molar-refractivity contribution < 1.29 is 23.9 Å². The summed E-state index contributed by atoms with van der Waals surface area (Å²) in [6, 6.07) is 14.0. The molecule has 150 valence electrons. The van der Waals surface area contributed by atoms with Gasteiger partial charge in [-0.1, -0.05) is 24.3 Å². The Morgan fingerprint density at radius 2 is 1.79 bits per heavy atom. The maximum Gasteiger partial charge on any atom is 0.308 e. The molecule has 1 aliphatic rings. The molecule has 1 aliphatic heterocycles. The van der Waals surface area contributed by atoms with Crippen LogP contribution in [0.1, 0.15) is 29.3 Å². The number of rotatable bonds is 4. The molecule has 3 rings (SSSR count). The number of carbonyl (C=O) groups excluding carboxylic acids is 3. The number of carbonyl (C=O) groups is 3. The van der Waals surface area contributed by atoms with E-state index in [1.54, 1.807) is 30.5 Å². The number of benzene rings is 2. The number of amidine groups is 1. The number of nitrogens with one attached hydrogen (secondary N) is 1. The number of anilines is 1. The highest BCUT2D eigenvalue weighted by atomic mass is 16.5. The first-order valence-corrected chi connectivity index (χ1v) is 8.61. The van der Waals surface area contributed by atoms with E-state index in [0.717, 1.165) is 11.1 Å². The van der Waals surface area contributed by atoms with E-state index in [2.05, 4.69) is 15.0 Å². The van der Waals surface area contributed by atoms with Crippen molar-refractivity contribution in [1.82, 2.24) is 5.32 Å². The normalized spacial score (nSPS) is 11.9. The Kier molecular flexibility index (Phi) is 7.67. The molecule has 8 heteroatoms. The van der Waals surface area contributed by atoms with Crippen molar-refractivity contribution >= 4 is 35.4 Å². The summed E-state index contributed by atoms with van der Waals surface area (Å²) in [6.07, 6.45) is 2.23. The highest BCUT2D eigenvalue weighted by Crippen LogP contribution is 2.24. The minimum Gasteiger partial charge on any atom is -0.471 e. The van der Waals surface area contributed by atoms with E-state index in [1.165, 1.54) is 14.0 Å². The molecule has 0 radical (unpaired) electrons. The molecule has 3 N–H and O–H groups in total. The van der Waals surface area contributed by atoms with Gasteiger partial charge in [-0.3, -0.25) is 14.4 Å². The van der Waals surface area contributed by atoms with Crippen molar-refractivity contribution in [2.75, 3.05) is 12.8 Å². The molecule has 8 nitrogen and oxygen atoms in total. The number of methoxy groups -OCH3 is 1. The Labute approximate surface area is 168 Å². The Hall–Kier alpha value is -3.94. The molecular formula is C21H21N3O5. The van der Waals surface area contributed by atoms with Crippen LogP contribution in [0.2, 0.25) is 0 Å². The second kappa shape index (κ2) is 10.4. The number of nitrogens with two attached hydrogens (primary N) is 1. The Bertz CT molecular complexity index is 949. The van der Waals surface area contributed by atoms with E-state index in [0.29, 0.717) is 24.4 Å². The number of hydrogen-bond acceptors (Lipinski definition) is 7. The van der Waals surface area contributed by atoms with Gasteiger partial charge in [0, 0.05) is 25.2 Å². The molecule has 0 bridgehead atoms. The third-order valence-electron chi connectivity index (χ3n) is 3.76. The largest absolute Gasteiger partial charge is 0.471 e. The van der Waals surface area contributed by atoms with Gasteiger partial charge in [-0.25, -0.2) is 4.99 Å². The molecule has 0 fully saturated rings. The zero-order valence-electron chi connectivity index (χ0n) is 16.0. The highest BCUT2D eigenvalue weighted by molar-refractivity contribution is 6.11. The quantitative estimate of drug-likeness (QED) is 0.355. The second-order valence-corrected chi connectivity index (χ2v) is 5.90. The lowest BCUT2D eigenvalue weighted by atomic mass is 10.0. The first kappa shape index (κ1) is 21.4. The predicted octanol–water partition coefficient (Wildman–Crippen LogP) is 2.56. The average molecular weight is 395 g/mol. The summed E-state index contributed by atoms with van der Waals surface area (Å²) in [5.41, 5.74) is 8.65. The van der Waals surface area contributed by atoms with Crippen LogP contribution in [0.3, 0.4) is 0 Å². The molecule has 29 heavy (non-hydrogen) atoms. The fourth-order valence-electron chi connectivity index (χ4n) is 2.47. The molecule has 2 aromatic rings. The monoisotopic (exact) mass is 395 g/mol. The fraction of sp³-hybridized carbons (Fsp3) is 0.143. The number of nitrogens with zero attached hydrogens (tertiary/aromatic N) is 1.